The predicted octanol–water partition coefficient (Wildman–Crippen LogP) is 18.4. The number of Topliss-reactive ketones (excluding diaryl/α,β-unsaturated/α-hetero) is 8. The minimum atomic E-state index is -3.61. The number of para-hydroxylation sites is 1. The average Bonchev–Trinajstić information content (AvgIpc) is 0.798. The van der Waals surface area contributed by atoms with Crippen molar-refractivity contribution in [3.05, 3.63) is 241 Å². The van der Waals surface area contributed by atoms with Gasteiger partial charge in [0.05, 0.1) is 15.7 Å². The van der Waals surface area contributed by atoms with Gasteiger partial charge in [0, 0.05) is 77.0 Å². The lowest BCUT2D eigenvalue weighted by Crippen LogP contribution is -2.15. The van der Waals surface area contributed by atoms with Gasteiger partial charge >= 0.3 is 47.8 Å². The SMILES string of the molecule is CC(=O)COC(=O)C(C)C.CCC(=O)OCC(C)=O.CCCC(=O)OCC(=O)c1ccc(-c2ccccc2)cc1.CCCC(=O)OCC(=O)c1ccc(Oc2ccccc2)cc1.CCCC(=O)OCC(=O)c1ccc(S(=O)(=O)c2ccccc2)cc1.CCCC(=O)OCC(=O)c1ccc(Sc2ccccc2)cc1.CCCC(=O)OCC(C)=O.CCCC(=O)OCC(C)=O. The number of hydrogen-bond acceptors (Lipinski definition) is 28. The van der Waals surface area contributed by atoms with Gasteiger partial charge < -0.3 is 42.6 Å². The molecule has 0 aliphatic carbocycles. The van der Waals surface area contributed by atoms with Crippen LogP contribution in [0.15, 0.2) is 238 Å². The van der Waals surface area contributed by atoms with E-state index in [2.05, 4.69) is 18.9 Å². The summed E-state index contributed by atoms with van der Waals surface area (Å²) in [4.78, 5) is 178. The second-order valence-corrected chi connectivity index (χ2v) is 31.0. The quantitative estimate of drug-likeness (QED) is 0.0195. The second kappa shape index (κ2) is 67.3. The first-order valence-corrected chi connectivity index (χ1v) is 43.9. The summed E-state index contributed by atoms with van der Waals surface area (Å²) in [5, 5.41) is 0. The van der Waals surface area contributed by atoms with Crippen LogP contribution in [0.1, 0.15) is 215 Å². The fourth-order valence-corrected chi connectivity index (χ4v) is 11.4. The lowest BCUT2D eigenvalue weighted by molar-refractivity contribution is -0.150. The Morgan fingerprint density at radius 3 is 0.844 bits per heavy atom. The van der Waals surface area contributed by atoms with Crippen LogP contribution in [0.3, 0.4) is 0 Å². The first kappa shape index (κ1) is 113. The highest BCUT2D eigenvalue weighted by Crippen LogP contribution is 2.28. The lowest BCUT2D eigenvalue weighted by Gasteiger charge is -2.07. The molecule has 0 atom stereocenters. The van der Waals surface area contributed by atoms with Crippen LogP contribution in [0.4, 0.5) is 0 Å². The summed E-state index contributed by atoms with van der Waals surface area (Å²) in [6.45, 7) is 20.6. The topological polar surface area (TPSA) is 390 Å². The molecule has 0 heterocycles. The van der Waals surface area contributed by atoms with Gasteiger partial charge in [-0.2, -0.15) is 0 Å². The maximum Gasteiger partial charge on any atom is 0.308 e. The van der Waals surface area contributed by atoms with Crippen molar-refractivity contribution in [3.63, 3.8) is 0 Å². The molecule has 0 amide bonds. The Hall–Kier alpha value is -13.0. The Labute approximate surface area is 754 Å². The molecule has 128 heavy (non-hydrogen) atoms. The van der Waals surface area contributed by atoms with Crippen molar-refractivity contribution < 1.29 is 128 Å². The van der Waals surface area contributed by atoms with E-state index in [4.69, 9.17) is 23.7 Å². The standard InChI is InChI=1S/C18H18O5S.C18H18O4.C18H18O3S.C18H18O3.3C7H12O3.C6H10O3/c1-2-6-18(20)23-13-17(19)14-9-11-16(12-10-14)24(21,22)15-7-4-3-5-8-15;2*1-2-6-18(20)21-13-17(19)14-9-11-16(12-10-14)22-15-7-4-3-5-8-15;1-2-6-18(20)21-13-17(19)16-11-9-15(10-12-16)14-7-4-3-5-8-14;1-5(2)7(9)10-4-6(3)8;2*1-3-4-7(9)10-5-6(2)8;1-3-6(8)9-4-5(2)7/h3-5,7-12H,2,6,13H2,1H3;2*3-5,7-12H,2,6,13H2,1H3;3-5,7-12H,2,6,13H2,1H3;5H,4H2,1-3H3;2*3-5H2,1-2H3;3-4H2,1-2H3. The fourth-order valence-electron chi connectivity index (χ4n) is 9.26. The third-order valence-electron chi connectivity index (χ3n) is 15.8. The van der Waals surface area contributed by atoms with Crippen molar-refractivity contribution in [2.24, 2.45) is 5.92 Å². The number of carbonyl (C=O) groups is 16. The molecular formula is C99H118O27S2. The number of hydrogen-bond donors (Lipinski definition) is 0. The zero-order valence-corrected chi connectivity index (χ0v) is 76.7. The van der Waals surface area contributed by atoms with Gasteiger partial charge in [-0.3, -0.25) is 76.7 Å². The zero-order valence-electron chi connectivity index (χ0n) is 75.1. The first-order valence-electron chi connectivity index (χ1n) is 41.6. The molecule has 0 fully saturated rings. The highest BCUT2D eigenvalue weighted by molar-refractivity contribution is 7.99. The van der Waals surface area contributed by atoms with Crippen LogP contribution < -0.4 is 4.74 Å². The summed E-state index contributed by atoms with van der Waals surface area (Å²) >= 11 is 1.64. The van der Waals surface area contributed by atoms with Gasteiger partial charge in [0.2, 0.25) is 9.84 Å². The van der Waals surface area contributed by atoms with Crippen LogP contribution in [-0.2, 0) is 105 Å². The Morgan fingerprint density at radius 1 is 0.273 bits per heavy atom. The average molecular weight is 1800 g/mol. The van der Waals surface area contributed by atoms with E-state index in [-0.39, 0.29) is 163 Å². The van der Waals surface area contributed by atoms with Crippen LogP contribution in [0.2, 0.25) is 0 Å². The van der Waals surface area contributed by atoms with Crippen LogP contribution in [-0.4, -0.2) is 155 Å². The third kappa shape index (κ3) is 53.3. The van der Waals surface area contributed by atoms with E-state index in [1.54, 1.807) is 99.3 Å². The molecule has 0 N–H and O–H groups in total. The summed E-state index contributed by atoms with van der Waals surface area (Å²) in [7, 11) is -3.61. The molecule has 8 aromatic rings. The van der Waals surface area contributed by atoms with Crippen molar-refractivity contribution in [1.82, 2.24) is 0 Å². The van der Waals surface area contributed by atoms with Gasteiger partial charge in [0.15, 0.2) is 72.7 Å². The number of benzene rings is 8. The molecule has 27 nitrogen and oxygen atoms in total. The van der Waals surface area contributed by atoms with Crippen LogP contribution in [0.5, 0.6) is 11.5 Å². The Morgan fingerprint density at radius 2 is 0.523 bits per heavy atom. The number of rotatable bonds is 41. The largest absolute Gasteiger partial charge is 0.458 e. The molecule has 0 bridgehead atoms. The third-order valence-corrected chi connectivity index (χ3v) is 18.6. The van der Waals surface area contributed by atoms with E-state index >= 15 is 0 Å². The van der Waals surface area contributed by atoms with E-state index in [0.29, 0.717) is 79.4 Å². The molecular weight excluding hydrogens is 1690 g/mol. The summed E-state index contributed by atoms with van der Waals surface area (Å²) in [5.74, 6) is -2.90. The maximum absolute atomic E-state index is 12.4. The van der Waals surface area contributed by atoms with E-state index in [0.717, 1.165) is 52.4 Å². The minimum Gasteiger partial charge on any atom is -0.458 e. The van der Waals surface area contributed by atoms with Crippen molar-refractivity contribution >= 4 is 116 Å². The van der Waals surface area contributed by atoms with Crippen LogP contribution in [0.25, 0.3) is 11.1 Å². The van der Waals surface area contributed by atoms with Gasteiger partial charge in [-0.15, -0.1) is 0 Å². The van der Waals surface area contributed by atoms with E-state index < -0.39 is 15.8 Å². The number of carbonyl (C=O) groups excluding carboxylic acids is 16. The molecule has 8 rings (SSSR count). The van der Waals surface area contributed by atoms with E-state index in [1.807, 2.05) is 157 Å². The molecule has 0 radical (unpaired) electrons. The highest BCUT2D eigenvalue weighted by atomic mass is 32.2. The number of esters is 8. The Kier molecular flexibility index (Phi) is 59.4. The Bertz CT molecular complexity index is 4700. The molecule has 0 saturated carbocycles. The molecule has 0 aliphatic heterocycles. The fraction of sp³-hybridized carbons (Fsp3) is 0.354. The summed E-state index contributed by atoms with van der Waals surface area (Å²) < 4.78 is 68.3. The summed E-state index contributed by atoms with van der Waals surface area (Å²) in [6.07, 6.45) is 6.73. The van der Waals surface area contributed by atoms with Gasteiger partial charge in [0.1, 0.15) is 37.9 Å². The molecule has 0 aliphatic rings. The van der Waals surface area contributed by atoms with Gasteiger partial charge in [-0.05, 0) is 174 Å². The van der Waals surface area contributed by atoms with Crippen molar-refractivity contribution in [1.29, 1.82) is 0 Å². The lowest BCUT2D eigenvalue weighted by atomic mass is 10.0. The monoisotopic (exact) mass is 1800 g/mol. The van der Waals surface area contributed by atoms with Crippen molar-refractivity contribution in [2.75, 3.05) is 52.9 Å². The molecule has 0 spiro atoms. The molecule has 0 aromatic heterocycles. The second-order valence-electron chi connectivity index (χ2n) is 27.9. The smallest absolute Gasteiger partial charge is 0.308 e. The molecule has 688 valence electrons. The highest BCUT2D eigenvalue weighted by Gasteiger charge is 2.20. The Balaban J connectivity index is 0.000000753. The maximum atomic E-state index is 12.4. The minimum absolute atomic E-state index is 0.0845. The first-order chi connectivity index (χ1) is 61.0. The molecule has 0 saturated heterocycles. The molecule has 8 aromatic carbocycles. The molecule has 0 unspecified atom stereocenters. The van der Waals surface area contributed by atoms with Gasteiger partial charge in [-0.25, -0.2) is 8.42 Å². The summed E-state index contributed by atoms with van der Waals surface area (Å²) in [6, 6.07) is 64.5. The van der Waals surface area contributed by atoms with Crippen LogP contribution in [0, 0.1) is 5.92 Å². The predicted molar refractivity (Wildman–Crippen MR) is 482 cm³/mol. The number of sulfone groups is 1. The molecule has 29 heteroatoms. The van der Waals surface area contributed by atoms with Crippen molar-refractivity contribution in [3.8, 4) is 22.6 Å². The van der Waals surface area contributed by atoms with Crippen molar-refractivity contribution in [2.45, 2.75) is 193 Å². The number of ether oxygens (including phenoxy) is 9. The van der Waals surface area contributed by atoms with E-state index in [1.165, 1.54) is 64.1 Å². The number of ketones is 8. The van der Waals surface area contributed by atoms with Crippen LogP contribution >= 0.6 is 11.8 Å². The van der Waals surface area contributed by atoms with Gasteiger partial charge in [0.25, 0.3) is 0 Å². The van der Waals surface area contributed by atoms with Gasteiger partial charge in [-0.1, -0.05) is 195 Å². The zero-order chi connectivity index (χ0) is 95.6. The van der Waals surface area contributed by atoms with E-state index in [9.17, 15) is 85.1 Å². The normalized spacial score (nSPS) is 9.98. The summed E-state index contributed by atoms with van der Waals surface area (Å²) in [5.41, 5.74) is 4.05.